The van der Waals surface area contributed by atoms with Crippen molar-refractivity contribution >= 4 is 0 Å². The van der Waals surface area contributed by atoms with E-state index >= 15 is 0 Å². The Morgan fingerprint density at radius 1 is 0.150 bits per heavy atom. The highest BCUT2D eigenvalue weighted by atomic mass is 15.7. The minimum absolute atomic E-state index is 0. The Labute approximate surface area is 895 Å². The van der Waals surface area contributed by atoms with Crippen LogP contribution in [0.4, 0.5) is 0 Å². The van der Waals surface area contributed by atoms with E-state index in [-0.39, 0.29) is 128 Å². The summed E-state index contributed by atoms with van der Waals surface area (Å²) < 4.78 is 0. The lowest BCUT2D eigenvalue weighted by atomic mass is 8.45. The van der Waals surface area contributed by atoms with E-state index in [0.29, 0.717) is 265 Å². The van der Waals surface area contributed by atoms with Crippen molar-refractivity contribution in [2.24, 2.45) is 399 Å². The molecule has 60 aliphatic rings. The monoisotopic (exact) mass is 1980 g/mol. The zero-order valence-electron chi connectivity index (χ0n) is 87.4. The lowest BCUT2D eigenvalue weighted by Crippen LogP contribution is -3.55. The van der Waals surface area contributed by atoms with E-state index in [9.17, 15) is 0 Å². The van der Waals surface area contributed by atoms with Gasteiger partial charge in [-0.05, 0) is 548 Å². The lowest BCUT2D eigenvalue weighted by Gasteiger charge is -3.57. The summed E-state index contributed by atoms with van der Waals surface area (Å²) in [5.41, 5.74) is 30.5. The molecule has 798 valence electrons. The zero-order valence-corrected chi connectivity index (χ0v) is 87.4. The predicted octanol–water partition coefficient (Wildman–Crippen LogP) is 35.7. The van der Waals surface area contributed by atoms with Gasteiger partial charge in [0.1, 0.15) is 0 Å². The molecule has 35 spiro atoms. The molecule has 60 rings (SSSR count). The van der Waals surface area contributed by atoms with Crippen molar-refractivity contribution in [3.8, 4) is 0 Å². The summed E-state index contributed by atoms with van der Waals surface area (Å²) in [7, 11) is 0. The topological polar surface area (TPSA) is 0 Å². The Kier molecular flexibility index (Phi) is 8.85. The molecular weight excluding hydrogens is 1770 g/mol. The normalized spacial score (nSPS) is 99.7. The maximum absolute atomic E-state index is 3.73. The van der Waals surface area contributed by atoms with Crippen molar-refractivity contribution < 1.29 is 0 Å². The highest BCUT2D eigenvalue weighted by Crippen LogP contribution is 3.67. The van der Waals surface area contributed by atoms with Crippen LogP contribution in [0.25, 0.3) is 0 Å². The quantitative estimate of drug-likeness (QED) is 0.227. The van der Waals surface area contributed by atoms with Gasteiger partial charge in [0.2, 0.25) is 0 Å². The molecule has 0 heteroatoms. The van der Waals surface area contributed by atoms with E-state index in [1.807, 2.05) is 20.3 Å². The molecule has 60 saturated carbocycles. The molecule has 86 atom stereocenters. The third-order valence-corrected chi connectivity index (χ3v) is 98.4. The average Bonchev–Trinajstić information content (AvgIpc) is 1.42. The average molecular weight is 1980 g/mol. The zero-order chi connectivity index (χ0) is 87.4. The second-order valence-corrected chi connectivity index (χ2v) is 78.1. The molecule has 0 aromatic heterocycles. The summed E-state index contributed by atoms with van der Waals surface area (Å²) in [5.74, 6) is 30.5. The fourth-order valence-corrected chi connectivity index (χ4v) is 116. The summed E-state index contributed by atoms with van der Waals surface area (Å²) in [6.45, 7) is 121. The maximum Gasteiger partial charge on any atom is -0.000838 e. The molecule has 0 radical (unpaired) electrons. The molecule has 0 aromatic rings. The van der Waals surface area contributed by atoms with Crippen LogP contribution in [0, 0.1) is 497 Å². The van der Waals surface area contributed by atoms with Crippen LogP contribution in [0.1, 0.15) is 405 Å². The third kappa shape index (κ3) is 2.53. The van der Waals surface area contributed by atoms with Gasteiger partial charge in [-0.15, -0.1) is 0 Å². The molecule has 147 heavy (non-hydrogen) atoms. The van der Waals surface area contributed by atoms with Crippen LogP contribution in [-0.4, -0.2) is 0 Å². The fourth-order valence-electron chi connectivity index (χ4n) is 116. The lowest BCUT2D eigenvalue weighted by molar-refractivity contribution is -1.08. The van der Waals surface area contributed by atoms with Gasteiger partial charge in [0, 0.05) is 0 Å². The van der Waals surface area contributed by atoms with Crippen molar-refractivity contribution in [2.75, 3.05) is 0 Å². The smallest absolute Gasteiger partial charge is 0.000838 e. The summed E-state index contributed by atoms with van der Waals surface area (Å²) in [4.78, 5) is 0. The Bertz CT molecular complexity index is 8020. The van der Waals surface area contributed by atoms with Crippen molar-refractivity contribution in [2.45, 2.75) is 405 Å². The van der Waals surface area contributed by atoms with Crippen LogP contribution in [0.5, 0.6) is 0 Å². The summed E-state index contributed by atoms with van der Waals surface area (Å²) in [6.07, 6.45) is 14.0. The molecule has 0 heterocycles. The number of hydrogen-bond donors (Lipinski definition) is 0. The SMILES string of the molecule is C.C.C.C.C.C.C.C.C.C.C.C.C.C.C.CC.CC1C(C)C2CC3C4C5CC6C7C8CC9C%10C%11CC%12C%13C%14C%15C(C)C%16C%17C%18C%19C%20C%21C%22C%23C(C)C%24C(C1C)C1%25C%26(C)C%27(C)C(C)(C)C23C42C3(C)CC(C)(C52C)C2(C)C4(C)C5(C)C%28(C)C%29(C)CC%30(C)C%28(C%241C(C)(C)C%231C%22%23C%21%22C%20%21C%19%20C%18%19C%17%18C%16%17CC%16%24C%28(C)CC(C)(C%16(C)C%16(C)C%31(C)C%32(C)C%33(C)C%34(C)C%35(C)C%29(C)C%301C%35%23C%34%22C%33%21C%32%20C%31%19C%16%24%18)C1(C)C6%16C76C98C%107C%11%12C%138C%149C%15(C%17(C)C)C%281C%169C768)C5%25C4%26C3%272. The van der Waals surface area contributed by atoms with Crippen LogP contribution < -0.4 is 0 Å². The van der Waals surface area contributed by atoms with E-state index in [2.05, 4.69) is 228 Å². The Morgan fingerprint density at radius 3 is 1.03 bits per heavy atom. The first-order chi connectivity index (χ1) is 61.7. The minimum atomic E-state index is 0. The van der Waals surface area contributed by atoms with Crippen molar-refractivity contribution in [3.05, 3.63) is 97.5 Å². The molecule has 0 aromatic carbocycles. The Balaban J connectivity index is 0.000000475. The molecular formula is C147H210. The second kappa shape index (κ2) is 14.8. The van der Waals surface area contributed by atoms with Crippen LogP contribution in [0.2, 0.25) is 0 Å². The Hall–Kier alpha value is 0. The van der Waals surface area contributed by atoms with E-state index in [0.717, 1.165) is 185 Å². The van der Waals surface area contributed by atoms with Crippen LogP contribution in [-0.2, 0) is 0 Å². The first kappa shape index (κ1) is 87.7. The van der Waals surface area contributed by atoms with Gasteiger partial charge >= 0.3 is 0 Å². The predicted molar refractivity (Wildman–Crippen MR) is 598 cm³/mol. The molecule has 0 nitrogen and oxygen atoms in total. The Morgan fingerprint density at radius 2 is 0.490 bits per heavy atom. The van der Waals surface area contributed by atoms with Gasteiger partial charge in [-0.2, -0.15) is 0 Å². The second-order valence-electron chi connectivity index (χ2n) is 78.1. The van der Waals surface area contributed by atoms with E-state index in [1.54, 1.807) is 44.9 Å². The molecule has 18 bridgehead atoms. The van der Waals surface area contributed by atoms with Crippen molar-refractivity contribution in [1.29, 1.82) is 0 Å². The molecule has 0 aliphatic heterocycles. The molecule has 86 unspecified atom stereocenters. The van der Waals surface area contributed by atoms with E-state index in [4.69, 9.17) is 0 Å². The van der Waals surface area contributed by atoms with Crippen molar-refractivity contribution in [1.82, 2.24) is 0 Å². The standard InChI is InChI=1S/C130H144.C2H6.15CH4/c1-42-43(2)47-34-49-60-48-35-54-62-52-36-50-61-51-37-53-63-65-58-45(4)55-64-67-69-70-68-66-59-46(5)57-56(44(42)3)106-95(33)81(19)71(6,7)98(47,49)105(60)78(16)38-74(12,80(48,105)18)83(21)88(26)89(27)84(22)76(14)40-79(17)119(84,123(89,106)121(88,95)117(78,81)83)103(57,106)73(10,11)104(59)112(66)114(68)116(70)115(69)113(67)107(64)96(55)41-97-77(15)39-75(13,86(24)101(54)109(62)99(50,52)108(61)100(51,53)110(63)111(65)102(58,72(96,8)9)118(77,86)130(101,111)129(108,109)110)82(97,20)87(25)91(29)93(31)94(32)92(30)90(28)85(76,23)120(79,104)124(90,112)126(92,114)128(94,116)127(93,115)125(91,113)122(87,97)107;1-2;;;;;;;;;;;;;;;/h42-70H,34-41H2,1-33H3;1-2H3;15*1H4. The first-order valence-electron chi connectivity index (χ1n) is 61.7. The molecule has 60 fully saturated rings. The minimum Gasteiger partial charge on any atom is -0.0776 e. The van der Waals surface area contributed by atoms with Crippen LogP contribution in [0.15, 0.2) is 0 Å². The maximum atomic E-state index is 3.73. The fraction of sp³-hybridized carbons (Fsp3) is 1.00. The number of rotatable bonds is 0. The third-order valence-electron chi connectivity index (χ3n) is 98.4. The molecule has 0 saturated heterocycles. The van der Waals surface area contributed by atoms with Crippen LogP contribution in [0.3, 0.4) is 0 Å². The van der Waals surface area contributed by atoms with Crippen molar-refractivity contribution in [3.63, 3.8) is 0 Å². The highest BCUT2D eigenvalue weighted by molar-refractivity contribution is 6.63. The number of hydrogen-bond acceptors (Lipinski definition) is 0. The first-order valence-corrected chi connectivity index (χ1v) is 61.7. The summed E-state index contributed by atoms with van der Waals surface area (Å²) in [5, 5.41) is 0. The van der Waals surface area contributed by atoms with Crippen LogP contribution >= 0.6 is 0 Å². The number of fused-ring (bicyclic) bond motifs is 18. The van der Waals surface area contributed by atoms with Gasteiger partial charge in [-0.25, -0.2) is 0 Å². The largest absolute Gasteiger partial charge is 0.0776 e. The van der Waals surface area contributed by atoms with Gasteiger partial charge in [-0.3, -0.25) is 0 Å². The molecule has 60 aliphatic carbocycles. The van der Waals surface area contributed by atoms with Gasteiger partial charge in [0.15, 0.2) is 0 Å². The summed E-state index contributed by atoms with van der Waals surface area (Å²) in [6, 6.07) is 0. The van der Waals surface area contributed by atoms with Gasteiger partial charge in [0.25, 0.3) is 0 Å². The van der Waals surface area contributed by atoms with Gasteiger partial charge in [0.05, 0.1) is 0 Å². The summed E-state index contributed by atoms with van der Waals surface area (Å²) >= 11 is 0. The molecule has 0 amide bonds. The van der Waals surface area contributed by atoms with Gasteiger partial charge in [-0.1, -0.05) is 354 Å². The van der Waals surface area contributed by atoms with E-state index < -0.39 is 0 Å². The molecule has 0 N–H and O–H groups in total. The van der Waals surface area contributed by atoms with Gasteiger partial charge < -0.3 is 0 Å². The highest BCUT2D eigenvalue weighted by Gasteiger charge is 3.63. The van der Waals surface area contributed by atoms with E-state index in [1.165, 1.54) is 29.6 Å².